The Balaban J connectivity index is 4.05. The normalized spacial score (nSPS) is 11.5. The Morgan fingerprint density at radius 2 is 1.94 bits per heavy atom. The number of hydrogen-bond donors (Lipinski definition) is 1. The molecule has 0 aliphatic carbocycles. The average Bonchev–Trinajstić information content (AvgIpc) is 2.21. The molecule has 0 radical (unpaired) electrons. The Labute approximate surface area is 103 Å². The second kappa shape index (κ2) is 8.30. The molecule has 17 heavy (non-hydrogen) atoms. The number of amides is 1. The van der Waals surface area contributed by atoms with Gasteiger partial charge in [-0.2, -0.15) is 0 Å². The highest BCUT2D eigenvalue weighted by Gasteiger charge is 2.15. The molecule has 0 bridgehead atoms. The molecule has 0 unspecified atom stereocenters. The summed E-state index contributed by atoms with van der Waals surface area (Å²) in [4.78, 5) is 11.0. The Kier molecular flexibility index (Phi) is 7.90. The lowest BCUT2D eigenvalue weighted by molar-refractivity contribution is 0.151. The molecule has 1 N–H and O–H groups in total. The summed E-state index contributed by atoms with van der Waals surface area (Å²) in [5.41, 5.74) is 0. The van der Waals surface area contributed by atoms with Crippen molar-refractivity contribution in [3.8, 4) is 0 Å². The Morgan fingerprint density at radius 1 is 1.29 bits per heavy atom. The molecule has 0 aliphatic heterocycles. The van der Waals surface area contributed by atoms with Crippen LogP contribution >= 0.6 is 0 Å². The number of unbranched alkanes of at least 4 members (excludes halogenated alkanes) is 1. The lowest BCUT2D eigenvalue weighted by atomic mass is 10.3. The molecule has 0 rings (SSSR count). The number of carbonyl (C=O) groups excluding carboxylic acids is 1. The number of carbonyl (C=O) groups is 1. The number of rotatable bonds is 8. The highest BCUT2D eigenvalue weighted by Crippen LogP contribution is 2.00. The van der Waals surface area contributed by atoms with Crippen LogP contribution in [-0.2, 0) is 14.8 Å². The third-order valence-electron chi connectivity index (χ3n) is 2.14. The van der Waals surface area contributed by atoms with Crippen LogP contribution in [0.25, 0.3) is 0 Å². The van der Waals surface area contributed by atoms with Crippen molar-refractivity contribution in [1.29, 1.82) is 0 Å². The molecule has 7 heteroatoms. The zero-order chi connectivity index (χ0) is 13.3. The minimum absolute atomic E-state index is 0.260. The van der Waals surface area contributed by atoms with E-state index in [9.17, 15) is 13.2 Å². The number of alkyl carbamates (subject to hydrolysis) is 1. The van der Waals surface area contributed by atoms with Crippen LogP contribution < -0.4 is 5.32 Å². The maximum absolute atomic E-state index is 11.4. The number of nitrogens with zero attached hydrogens (tertiary/aromatic N) is 1. The fraction of sp³-hybridized carbons (Fsp3) is 0.900. The number of ether oxygens (including phenoxy) is 1. The first-order valence-electron chi connectivity index (χ1n) is 5.77. The van der Waals surface area contributed by atoms with Gasteiger partial charge >= 0.3 is 6.09 Å². The van der Waals surface area contributed by atoms with Crippen molar-refractivity contribution < 1.29 is 17.9 Å². The van der Waals surface area contributed by atoms with Gasteiger partial charge in [0.1, 0.15) is 0 Å². The van der Waals surface area contributed by atoms with Gasteiger partial charge in [0, 0.05) is 19.6 Å². The topological polar surface area (TPSA) is 75.7 Å². The van der Waals surface area contributed by atoms with Crippen molar-refractivity contribution in [2.45, 2.75) is 26.7 Å². The van der Waals surface area contributed by atoms with E-state index in [-0.39, 0.29) is 13.1 Å². The molecule has 0 saturated heterocycles. The second-order valence-electron chi connectivity index (χ2n) is 3.66. The highest BCUT2D eigenvalue weighted by molar-refractivity contribution is 7.88. The summed E-state index contributed by atoms with van der Waals surface area (Å²) in [5, 5.41) is 2.50. The lowest BCUT2D eigenvalue weighted by Crippen LogP contribution is -2.38. The van der Waals surface area contributed by atoms with Crippen LogP contribution in [0.5, 0.6) is 0 Å². The molecule has 0 atom stereocenters. The van der Waals surface area contributed by atoms with Crippen molar-refractivity contribution in [3.05, 3.63) is 0 Å². The summed E-state index contributed by atoms with van der Waals surface area (Å²) in [6.45, 7) is 5.03. The molecule has 0 fully saturated rings. The van der Waals surface area contributed by atoms with Crippen molar-refractivity contribution in [1.82, 2.24) is 9.62 Å². The number of sulfonamides is 1. The lowest BCUT2D eigenvalue weighted by Gasteiger charge is -2.19. The smallest absolute Gasteiger partial charge is 0.407 e. The molecule has 0 saturated carbocycles. The van der Waals surface area contributed by atoms with Gasteiger partial charge in [-0.25, -0.2) is 17.5 Å². The predicted octanol–water partition coefficient (Wildman–Crippen LogP) is 0.794. The summed E-state index contributed by atoms with van der Waals surface area (Å²) >= 11 is 0. The van der Waals surface area contributed by atoms with Gasteiger partial charge in [-0.1, -0.05) is 13.3 Å². The maximum atomic E-state index is 11.4. The summed E-state index contributed by atoms with van der Waals surface area (Å²) in [6.07, 6.45) is 2.40. The van der Waals surface area contributed by atoms with E-state index in [0.29, 0.717) is 13.2 Å². The predicted molar refractivity (Wildman–Crippen MR) is 66.3 cm³/mol. The van der Waals surface area contributed by atoms with Gasteiger partial charge in [0.2, 0.25) is 10.0 Å². The first-order chi connectivity index (χ1) is 7.91. The largest absolute Gasteiger partial charge is 0.450 e. The van der Waals surface area contributed by atoms with E-state index in [4.69, 9.17) is 0 Å². The van der Waals surface area contributed by atoms with Crippen LogP contribution in [0.15, 0.2) is 0 Å². The first kappa shape index (κ1) is 16.2. The van der Waals surface area contributed by atoms with Crippen LogP contribution in [0.1, 0.15) is 26.7 Å². The molecule has 0 spiro atoms. The first-order valence-corrected chi connectivity index (χ1v) is 7.62. The van der Waals surface area contributed by atoms with Crippen molar-refractivity contribution in [2.75, 3.05) is 32.5 Å². The van der Waals surface area contributed by atoms with Gasteiger partial charge in [-0.05, 0) is 13.3 Å². The van der Waals surface area contributed by atoms with E-state index in [1.165, 1.54) is 10.6 Å². The van der Waals surface area contributed by atoms with Gasteiger partial charge in [-0.3, -0.25) is 0 Å². The van der Waals surface area contributed by atoms with Crippen LogP contribution in [0, 0.1) is 0 Å². The molecule has 1 amide bonds. The molecule has 0 aliphatic rings. The molecular formula is C10H22N2O4S. The van der Waals surface area contributed by atoms with E-state index in [2.05, 4.69) is 10.1 Å². The molecule has 0 aromatic heterocycles. The Hall–Kier alpha value is -0.820. The molecule has 0 heterocycles. The van der Waals surface area contributed by atoms with Crippen molar-refractivity contribution in [2.24, 2.45) is 0 Å². The third-order valence-corrected chi connectivity index (χ3v) is 3.44. The molecule has 0 aromatic rings. The van der Waals surface area contributed by atoms with Gasteiger partial charge in [0.15, 0.2) is 0 Å². The van der Waals surface area contributed by atoms with E-state index < -0.39 is 16.1 Å². The van der Waals surface area contributed by atoms with Crippen LogP contribution in [0.2, 0.25) is 0 Å². The van der Waals surface area contributed by atoms with Crippen molar-refractivity contribution in [3.63, 3.8) is 0 Å². The number of nitrogens with one attached hydrogen (secondary N) is 1. The monoisotopic (exact) mass is 266 g/mol. The zero-order valence-electron chi connectivity index (χ0n) is 10.7. The van der Waals surface area contributed by atoms with Crippen LogP contribution in [0.3, 0.4) is 0 Å². The number of hydrogen-bond acceptors (Lipinski definition) is 4. The zero-order valence-corrected chi connectivity index (χ0v) is 11.5. The molecule has 6 nitrogen and oxygen atoms in total. The maximum Gasteiger partial charge on any atom is 0.407 e. The van der Waals surface area contributed by atoms with E-state index in [1.54, 1.807) is 6.92 Å². The van der Waals surface area contributed by atoms with E-state index in [0.717, 1.165) is 12.8 Å². The van der Waals surface area contributed by atoms with Gasteiger partial charge < -0.3 is 10.1 Å². The fourth-order valence-electron chi connectivity index (χ4n) is 1.24. The summed E-state index contributed by atoms with van der Waals surface area (Å²) in [5.74, 6) is 0. The van der Waals surface area contributed by atoms with Crippen LogP contribution in [-0.4, -0.2) is 51.3 Å². The standard InChI is InChI=1S/C10H22N2O4S/c1-4-6-8-12(17(3,14)15)9-7-11-10(13)16-5-2/h4-9H2,1-3H3,(H,11,13). The van der Waals surface area contributed by atoms with E-state index >= 15 is 0 Å². The summed E-state index contributed by atoms with van der Waals surface area (Å²) in [6, 6.07) is 0. The minimum Gasteiger partial charge on any atom is -0.450 e. The highest BCUT2D eigenvalue weighted by atomic mass is 32.2. The Morgan fingerprint density at radius 3 is 2.41 bits per heavy atom. The third kappa shape index (κ3) is 7.98. The van der Waals surface area contributed by atoms with Gasteiger partial charge in [0.05, 0.1) is 12.9 Å². The minimum atomic E-state index is -3.21. The molecule has 0 aromatic carbocycles. The quantitative estimate of drug-likeness (QED) is 0.705. The molecular weight excluding hydrogens is 244 g/mol. The Bertz CT molecular complexity index is 316. The summed E-state index contributed by atoms with van der Waals surface area (Å²) in [7, 11) is -3.21. The van der Waals surface area contributed by atoms with Crippen molar-refractivity contribution >= 4 is 16.1 Å². The second-order valence-corrected chi connectivity index (χ2v) is 5.65. The van der Waals surface area contributed by atoms with Crippen LogP contribution in [0.4, 0.5) is 4.79 Å². The van der Waals surface area contributed by atoms with Gasteiger partial charge in [-0.15, -0.1) is 0 Å². The molecule has 102 valence electrons. The van der Waals surface area contributed by atoms with Gasteiger partial charge in [0.25, 0.3) is 0 Å². The fourth-order valence-corrected chi connectivity index (χ4v) is 2.13. The van der Waals surface area contributed by atoms with E-state index in [1.807, 2.05) is 6.92 Å². The SMILES string of the molecule is CCCCN(CCNC(=O)OCC)S(C)(=O)=O. The summed E-state index contributed by atoms with van der Waals surface area (Å²) < 4.78 is 28.9. The average molecular weight is 266 g/mol.